The van der Waals surface area contributed by atoms with Crippen LogP contribution in [0.3, 0.4) is 0 Å². The standard InChI is InChI=1S/C24H36N4O2/c1-3-5-7-9-17-25-23(29)27-21-15-11-14-20-19(21)13-12-16-22(20)28-24(30)26-18-10-8-6-4-2/h11-16H,3-10,17-18H2,1-2H3,(H2,25,27,29)(H2,26,28,30). The summed E-state index contributed by atoms with van der Waals surface area (Å²) in [5.74, 6) is 0. The van der Waals surface area contributed by atoms with E-state index in [0.717, 1.165) is 47.8 Å². The van der Waals surface area contributed by atoms with Gasteiger partial charge >= 0.3 is 12.1 Å². The zero-order valence-electron chi connectivity index (χ0n) is 18.4. The second-order valence-electron chi connectivity index (χ2n) is 7.59. The molecule has 0 bridgehead atoms. The van der Waals surface area contributed by atoms with Gasteiger partial charge in [-0.3, -0.25) is 0 Å². The van der Waals surface area contributed by atoms with Crippen molar-refractivity contribution in [1.82, 2.24) is 10.6 Å². The molecule has 2 aromatic carbocycles. The molecule has 0 aliphatic heterocycles. The van der Waals surface area contributed by atoms with Crippen LogP contribution in [-0.2, 0) is 0 Å². The van der Waals surface area contributed by atoms with E-state index in [4.69, 9.17) is 0 Å². The molecule has 2 rings (SSSR count). The summed E-state index contributed by atoms with van der Waals surface area (Å²) >= 11 is 0. The van der Waals surface area contributed by atoms with E-state index < -0.39 is 0 Å². The van der Waals surface area contributed by atoms with E-state index >= 15 is 0 Å². The molecule has 0 saturated heterocycles. The van der Waals surface area contributed by atoms with Crippen molar-refractivity contribution in [2.24, 2.45) is 0 Å². The Balaban J connectivity index is 1.95. The Morgan fingerprint density at radius 1 is 0.633 bits per heavy atom. The quantitative estimate of drug-likeness (QED) is 0.311. The third kappa shape index (κ3) is 7.93. The molecule has 2 aromatic rings. The van der Waals surface area contributed by atoms with E-state index in [-0.39, 0.29) is 12.1 Å². The summed E-state index contributed by atoms with van der Waals surface area (Å²) in [5, 5.41) is 13.5. The lowest BCUT2D eigenvalue weighted by molar-refractivity contribution is 0.251. The van der Waals surface area contributed by atoms with E-state index in [1.807, 2.05) is 36.4 Å². The van der Waals surface area contributed by atoms with Crippen molar-refractivity contribution < 1.29 is 9.59 Å². The van der Waals surface area contributed by atoms with Crippen molar-refractivity contribution in [3.63, 3.8) is 0 Å². The summed E-state index contributed by atoms with van der Waals surface area (Å²) in [6, 6.07) is 11.0. The highest BCUT2D eigenvalue weighted by Gasteiger charge is 2.09. The second kappa shape index (κ2) is 13.5. The maximum absolute atomic E-state index is 12.2. The minimum atomic E-state index is -0.206. The number of hydrogen-bond acceptors (Lipinski definition) is 2. The molecule has 0 atom stereocenters. The highest BCUT2D eigenvalue weighted by Crippen LogP contribution is 2.29. The number of nitrogens with one attached hydrogen (secondary N) is 4. The molecule has 0 saturated carbocycles. The van der Waals surface area contributed by atoms with Crippen LogP contribution in [0.1, 0.15) is 65.2 Å². The normalized spacial score (nSPS) is 10.6. The molecule has 0 fully saturated rings. The van der Waals surface area contributed by atoms with Crippen LogP contribution in [-0.4, -0.2) is 25.2 Å². The van der Waals surface area contributed by atoms with Crippen molar-refractivity contribution in [3.8, 4) is 0 Å². The smallest absolute Gasteiger partial charge is 0.319 e. The lowest BCUT2D eigenvalue weighted by Gasteiger charge is -2.13. The van der Waals surface area contributed by atoms with Crippen molar-refractivity contribution in [1.29, 1.82) is 0 Å². The fourth-order valence-electron chi connectivity index (χ4n) is 3.37. The number of fused-ring (bicyclic) bond motifs is 1. The van der Waals surface area contributed by atoms with Gasteiger partial charge in [0.15, 0.2) is 0 Å². The van der Waals surface area contributed by atoms with Crippen molar-refractivity contribution in [2.75, 3.05) is 23.7 Å². The van der Waals surface area contributed by atoms with Gasteiger partial charge in [0.05, 0.1) is 11.4 Å². The number of carbonyl (C=O) groups is 2. The molecule has 164 valence electrons. The van der Waals surface area contributed by atoms with Crippen LogP contribution in [0.15, 0.2) is 36.4 Å². The highest BCUT2D eigenvalue weighted by atomic mass is 16.2. The maximum atomic E-state index is 12.2. The average molecular weight is 413 g/mol. The van der Waals surface area contributed by atoms with Crippen LogP contribution in [0.4, 0.5) is 21.0 Å². The Morgan fingerprint density at radius 2 is 1.07 bits per heavy atom. The van der Waals surface area contributed by atoms with Gasteiger partial charge in [0.2, 0.25) is 0 Å². The number of benzene rings is 2. The molecule has 0 unspecified atom stereocenters. The van der Waals surface area contributed by atoms with Crippen LogP contribution in [0.25, 0.3) is 10.8 Å². The SMILES string of the molecule is CCCCCCNC(=O)Nc1cccc2c(NC(=O)NCCCCCC)cccc12. The van der Waals surface area contributed by atoms with Crippen LogP contribution in [0.2, 0.25) is 0 Å². The minimum absolute atomic E-state index is 0.206. The molecular weight excluding hydrogens is 376 g/mol. The van der Waals surface area contributed by atoms with E-state index in [9.17, 15) is 9.59 Å². The zero-order chi connectivity index (χ0) is 21.6. The summed E-state index contributed by atoms with van der Waals surface area (Å²) in [6.45, 7) is 5.67. The van der Waals surface area contributed by atoms with Gasteiger partial charge in [-0.05, 0) is 25.0 Å². The largest absolute Gasteiger partial charge is 0.338 e. The van der Waals surface area contributed by atoms with Gasteiger partial charge in [-0.2, -0.15) is 0 Å². The molecule has 0 spiro atoms. The topological polar surface area (TPSA) is 82.3 Å². The summed E-state index contributed by atoms with van der Waals surface area (Å²) in [7, 11) is 0. The van der Waals surface area contributed by atoms with Gasteiger partial charge in [-0.25, -0.2) is 9.59 Å². The van der Waals surface area contributed by atoms with Crippen molar-refractivity contribution in [3.05, 3.63) is 36.4 Å². The number of amides is 4. The van der Waals surface area contributed by atoms with Crippen LogP contribution >= 0.6 is 0 Å². The highest BCUT2D eigenvalue weighted by molar-refractivity contribution is 6.08. The number of hydrogen-bond donors (Lipinski definition) is 4. The molecule has 4 amide bonds. The second-order valence-corrected chi connectivity index (χ2v) is 7.59. The maximum Gasteiger partial charge on any atom is 0.319 e. The third-order valence-electron chi connectivity index (χ3n) is 5.05. The fraction of sp³-hybridized carbons (Fsp3) is 0.500. The molecule has 30 heavy (non-hydrogen) atoms. The first-order chi connectivity index (χ1) is 14.7. The van der Waals surface area contributed by atoms with Gasteiger partial charge in [-0.15, -0.1) is 0 Å². The van der Waals surface area contributed by atoms with E-state index in [0.29, 0.717) is 13.1 Å². The van der Waals surface area contributed by atoms with E-state index in [1.165, 1.54) is 25.7 Å². The van der Waals surface area contributed by atoms with Gasteiger partial charge < -0.3 is 21.3 Å². The summed E-state index contributed by atoms with van der Waals surface area (Å²) in [4.78, 5) is 24.5. The lowest BCUT2D eigenvalue weighted by atomic mass is 10.1. The predicted molar refractivity (Wildman–Crippen MR) is 126 cm³/mol. The third-order valence-corrected chi connectivity index (χ3v) is 5.05. The number of rotatable bonds is 12. The molecule has 0 heterocycles. The zero-order valence-corrected chi connectivity index (χ0v) is 18.4. The Hall–Kier alpha value is -2.76. The summed E-state index contributed by atoms with van der Waals surface area (Å²) < 4.78 is 0. The molecule has 4 N–H and O–H groups in total. The first kappa shape index (κ1) is 23.5. The van der Waals surface area contributed by atoms with Gasteiger partial charge in [0.1, 0.15) is 0 Å². The molecule has 0 aliphatic rings. The predicted octanol–water partition coefficient (Wildman–Crippen LogP) is 6.24. The Bertz CT molecular complexity index is 740. The van der Waals surface area contributed by atoms with Crippen LogP contribution in [0, 0.1) is 0 Å². The molecule has 0 aliphatic carbocycles. The molecule has 6 nitrogen and oxygen atoms in total. The first-order valence-electron chi connectivity index (χ1n) is 11.3. The Labute approximate surface area is 180 Å². The number of anilines is 2. The average Bonchev–Trinajstić information content (AvgIpc) is 2.74. The van der Waals surface area contributed by atoms with Crippen molar-refractivity contribution >= 4 is 34.2 Å². The lowest BCUT2D eigenvalue weighted by Crippen LogP contribution is -2.30. The van der Waals surface area contributed by atoms with Gasteiger partial charge in [0, 0.05) is 23.9 Å². The molecule has 0 radical (unpaired) electrons. The molecule has 6 heteroatoms. The Morgan fingerprint density at radius 3 is 1.47 bits per heavy atom. The minimum Gasteiger partial charge on any atom is -0.338 e. The van der Waals surface area contributed by atoms with Crippen LogP contribution < -0.4 is 21.3 Å². The van der Waals surface area contributed by atoms with Crippen molar-refractivity contribution in [2.45, 2.75) is 65.2 Å². The van der Waals surface area contributed by atoms with Gasteiger partial charge in [-0.1, -0.05) is 76.6 Å². The number of carbonyl (C=O) groups excluding carboxylic acids is 2. The first-order valence-corrected chi connectivity index (χ1v) is 11.3. The summed E-state index contributed by atoms with van der Waals surface area (Å²) in [5.41, 5.74) is 1.45. The Kier molecular flexibility index (Phi) is 10.6. The number of unbranched alkanes of at least 4 members (excludes halogenated alkanes) is 6. The fourth-order valence-corrected chi connectivity index (χ4v) is 3.37. The van der Waals surface area contributed by atoms with E-state index in [2.05, 4.69) is 35.1 Å². The van der Waals surface area contributed by atoms with Gasteiger partial charge in [0.25, 0.3) is 0 Å². The number of urea groups is 2. The summed E-state index contributed by atoms with van der Waals surface area (Å²) in [6.07, 6.45) is 8.95. The van der Waals surface area contributed by atoms with E-state index in [1.54, 1.807) is 0 Å². The molecule has 0 aromatic heterocycles. The van der Waals surface area contributed by atoms with Crippen LogP contribution in [0.5, 0.6) is 0 Å². The molecular formula is C24H36N4O2. The monoisotopic (exact) mass is 412 g/mol.